The fourth-order valence-electron chi connectivity index (χ4n) is 2.08. The Labute approximate surface area is 102 Å². The van der Waals surface area contributed by atoms with Gasteiger partial charge in [-0.05, 0) is 36.0 Å². The second kappa shape index (κ2) is 4.74. The molecule has 0 unspecified atom stereocenters. The quantitative estimate of drug-likeness (QED) is 0.822. The molecule has 1 heterocycles. The number of hydrogen-bond donors (Lipinski definition) is 1. The third kappa shape index (κ3) is 4.09. The van der Waals surface area contributed by atoms with E-state index >= 15 is 0 Å². The largest absolute Gasteiger partial charge is 0.312 e. The Balaban J connectivity index is 1.79. The van der Waals surface area contributed by atoms with E-state index in [1.54, 1.807) is 12.4 Å². The molecule has 0 bridgehead atoms. The molecule has 1 aliphatic rings. The average Bonchev–Trinajstić information content (AvgIpc) is 2.97. The number of nitrogens with zero attached hydrogens (tertiary/aromatic N) is 1. The molecule has 0 radical (unpaired) electrons. The van der Waals surface area contributed by atoms with Crippen LogP contribution in [0.2, 0.25) is 0 Å². The summed E-state index contributed by atoms with van der Waals surface area (Å²) >= 11 is 0. The topological polar surface area (TPSA) is 59.1 Å². The maximum Gasteiger partial charge on any atom is 0.148 e. The Hall–Kier alpha value is -0.940. The van der Waals surface area contributed by atoms with Crippen LogP contribution in [0.5, 0.6) is 0 Å². The molecule has 1 aromatic heterocycles. The molecule has 2 rings (SSSR count). The van der Waals surface area contributed by atoms with Crippen LogP contribution in [-0.2, 0) is 16.4 Å². The number of nitrogens with one attached hydrogen (secondary N) is 1. The molecular formula is C12H18N2O2S. The van der Waals surface area contributed by atoms with Gasteiger partial charge in [0.1, 0.15) is 9.84 Å². The van der Waals surface area contributed by atoms with E-state index in [0.717, 1.165) is 25.9 Å². The molecule has 1 N–H and O–H groups in total. The Morgan fingerprint density at radius 3 is 2.53 bits per heavy atom. The van der Waals surface area contributed by atoms with Crippen molar-refractivity contribution in [2.75, 3.05) is 18.6 Å². The Morgan fingerprint density at radius 2 is 2.00 bits per heavy atom. The van der Waals surface area contributed by atoms with Gasteiger partial charge in [0.05, 0.1) is 5.75 Å². The van der Waals surface area contributed by atoms with Gasteiger partial charge in [0.2, 0.25) is 0 Å². The monoisotopic (exact) mass is 254 g/mol. The molecule has 1 saturated carbocycles. The summed E-state index contributed by atoms with van der Waals surface area (Å²) < 4.78 is 22.6. The van der Waals surface area contributed by atoms with Gasteiger partial charge in [-0.25, -0.2) is 8.42 Å². The lowest BCUT2D eigenvalue weighted by Crippen LogP contribution is -2.29. The summed E-state index contributed by atoms with van der Waals surface area (Å²) in [5.74, 6) is 0.309. The summed E-state index contributed by atoms with van der Waals surface area (Å²) in [4.78, 5) is 3.96. The standard InChI is InChI=1S/C12H18N2O2S/c1-17(15,16)10-12(4-5-12)9-14-8-11-2-6-13-7-3-11/h2-3,6-7,14H,4-5,8-10H2,1H3. The normalized spacial score (nSPS) is 17.9. The van der Waals surface area contributed by atoms with Gasteiger partial charge in [-0.2, -0.15) is 0 Å². The summed E-state index contributed by atoms with van der Waals surface area (Å²) in [5, 5.41) is 3.33. The smallest absolute Gasteiger partial charge is 0.148 e. The van der Waals surface area contributed by atoms with E-state index in [9.17, 15) is 8.42 Å². The van der Waals surface area contributed by atoms with Crippen LogP contribution < -0.4 is 5.32 Å². The maximum absolute atomic E-state index is 11.3. The molecule has 1 aromatic rings. The zero-order chi connectivity index (χ0) is 12.4. The minimum atomic E-state index is -2.86. The lowest BCUT2D eigenvalue weighted by atomic mass is 10.1. The number of sulfone groups is 1. The molecule has 1 fully saturated rings. The van der Waals surface area contributed by atoms with Gasteiger partial charge >= 0.3 is 0 Å². The highest BCUT2D eigenvalue weighted by Gasteiger charge is 2.44. The highest BCUT2D eigenvalue weighted by molar-refractivity contribution is 7.90. The van der Waals surface area contributed by atoms with Crippen molar-refractivity contribution in [3.63, 3.8) is 0 Å². The summed E-state index contributed by atoms with van der Waals surface area (Å²) in [6.07, 6.45) is 6.88. The van der Waals surface area contributed by atoms with Crippen LogP contribution in [0.4, 0.5) is 0 Å². The lowest BCUT2D eigenvalue weighted by molar-refractivity contribution is 0.492. The highest BCUT2D eigenvalue weighted by Crippen LogP contribution is 2.46. The minimum Gasteiger partial charge on any atom is -0.312 e. The second-order valence-corrected chi connectivity index (χ2v) is 7.17. The zero-order valence-electron chi connectivity index (χ0n) is 10.0. The fourth-order valence-corrected chi connectivity index (χ4v) is 3.58. The molecule has 5 heteroatoms. The Bertz CT molecular complexity index is 467. The first kappa shape index (κ1) is 12.5. The molecule has 94 valence electrons. The predicted octanol–water partition coefficient (Wildman–Crippen LogP) is 0.996. The summed E-state index contributed by atoms with van der Waals surface area (Å²) in [6, 6.07) is 3.92. The van der Waals surface area contributed by atoms with Crippen LogP contribution in [0, 0.1) is 5.41 Å². The fraction of sp³-hybridized carbons (Fsp3) is 0.583. The van der Waals surface area contributed by atoms with Crippen molar-refractivity contribution >= 4 is 9.84 Å². The van der Waals surface area contributed by atoms with Crippen molar-refractivity contribution in [2.24, 2.45) is 5.41 Å². The van der Waals surface area contributed by atoms with E-state index in [0.29, 0.717) is 5.75 Å². The summed E-state index contributed by atoms with van der Waals surface area (Å²) in [7, 11) is -2.86. The van der Waals surface area contributed by atoms with Crippen molar-refractivity contribution in [3.05, 3.63) is 30.1 Å². The molecule has 0 amide bonds. The first-order valence-corrected chi connectivity index (χ1v) is 7.83. The number of hydrogen-bond acceptors (Lipinski definition) is 4. The predicted molar refractivity (Wildman–Crippen MR) is 67.3 cm³/mol. The summed E-state index contributed by atoms with van der Waals surface area (Å²) in [6.45, 7) is 1.55. The first-order valence-electron chi connectivity index (χ1n) is 5.77. The summed E-state index contributed by atoms with van der Waals surface area (Å²) in [5.41, 5.74) is 1.18. The van der Waals surface area contributed by atoms with E-state index in [4.69, 9.17) is 0 Å². The van der Waals surface area contributed by atoms with Gasteiger partial charge in [-0.1, -0.05) is 0 Å². The first-order chi connectivity index (χ1) is 7.99. The van der Waals surface area contributed by atoms with Crippen molar-refractivity contribution in [2.45, 2.75) is 19.4 Å². The SMILES string of the molecule is CS(=O)(=O)CC1(CNCc2ccncc2)CC1. The van der Waals surface area contributed by atoms with Crippen LogP contribution in [0.3, 0.4) is 0 Å². The minimum absolute atomic E-state index is 0.000609. The van der Waals surface area contributed by atoms with Gasteiger partial charge in [-0.15, -0.1) is 0 Å². The van der Waals surface area contributed by atoms with Gasteiger partial charge in [0.15, 0.2) is 0 Å². The van der Waals surface area contributed by atoms with E-state index in [2.05, 4.69) is 10.3 Å². The molecule has 4 nitrogen and oxygen atoms in total. The number of aromatic nitrogens is 1. The highest BCUT2D eigenvalue weighted by atomic mass is 32.2. The van der Waals surface area contributed by atoms with Gasteiger partial charge in [0, 0.05) is 31.7 Å². The van der Waals surface area contributed by atoms with Crippen LogP contribution in [0.25, 0.3) is 0 Å². The van der Waals surface area contributed by atoms with Gasteiger partial charge < -0.3 is 5.32 Å². The van der Waals surface area contributed by atoms with Gasteiger partial charge in [0.25, 0.3) is 0 Å². The van der Waals surface area contributed by atoms with Crippen LogP contribution in [-0.4, -0.2) is 32.0 Å². The van der Waals surface area contributed by atoms with Crippen molar-refractivity contribution < 1.29 is 8.42 Å². The lowest BCUT2D eigenvalue weighted by Gasteiger charge is -2.14. The zero-order valence-corrected chi connectivity index (χ0v) is 10.8. The molecule has 0 atom stereocenters. The van der Waals surface area contributed by atoms with Crippen molar-refractivity contribution in [3.8, 4) is 0 Å². The van der Waals surface area contributed by atoms with E-state index in [-0.39, 0.29) is 5.41 Å². The molecule has 1 aliphatic carbocycles. The molecule has 0 spiro atoms. The molecule has 17 heavy (non-hydrogen) atoms. The molecule has 0 saturated heterocycles. The van der Waals surface area contributed by atoms with Crippen molar-refractivity contribution in [1.82, 2.24) is 10.3 Å². The van der Waals surface area contributed by atoms with E-state index < -0.39 is 9.84 Å². The van der Waals surface area contributed by atoms with Gasteiger partial charge in [-0.3, -0.25) is 4.98 Å². The second-order valence-electron chi connectivity index (χ2n) is 5.03. The molecule has 0 aliphatic heterocycles. The van der Waals surface area contributed by atoms with E-state index in [1.807, 2.05) is 12.1 Å². The Kier molecular flexibility index (Phi) is 3.49. The van der Waals surface area contributed by atoms with Crippen LogP contribution in [0.15, 0.2) is 24.5 Å². The third-order valence-corrected chi connectivity index (χ3v) is 4.24. The number of pyridine rings is 1. The molecular weight excluding hydrogens is 236 g/mol. The van der Waals surface area contributed by atoms with E-state index in [1.165, 1.54) is 11.8 Å². The average molecular weight is 254 g/mol. The molecule has 0 aromatic carbocycles. The number of rotatable bonds is 6. The van der Waals surface area contributed by atoms with Crippen LogP contribution in [0.1, 0.15) is 18.4 Å². The third-order valence-electron chi connectivity index (χ3n) is 3.10. The van der Waals surface area contributed by atoms with Crippen molar-refractivity contribution in [1.29, 1.82) is 0 Å². The van der Waals surface area contributed by atoms with Crippen LogP contribution >= 0.6 is 0 Å². The maximum atomic E-state index is 11.3. The Morgan fingerprint density at radius 1 is 1.35 bits per heavy atom.